The highest BCUT2D eigenvalue weighted by Crippen LogP contribution is 2.25. The lowest BCUT2D eigenvalue weighted by Crippen LogP contribution is -2.56. The predicted molar refractivity (Wildman–Crippen MR) is 119 cm³/mol. The number of carbonyl (C=O) groups is 2. The Morgan fingerprint density at radius 2 is 1.68 bits per heavy atom. The molecule has 0 atom stereocenters. The summed E-state index contributed by atoms with van der Waals surface area (Å²) in [6.45, 7) is 6.43. The van der Waals surface area contributed by atoms with Gasteiger partial charge >= 0.3 is 0 Å². The van der Waals surface area contributed by atoms with Crippen molar-refractivity contribution in [3.63, 3.8) is 0 Å². The van der Waals surface area contributed by atoms with Crippen LogP contribution in [0.15, 0.2) is 24.3 Å². The Balaban J connectivity index is 1.20. The van der Waals surface area contributed by atoms with Crippen LogP contribution in [-0.2, 0) is 9.59 Å². The van der Waals surface area contributed by atoms with Crippen LogP contribution in [0.2, 0.25) is 5.02 Å². The standard InChI is InChI=1S/C23H30ClFN4O2/c24-20-5-2-6-21(25)19(20)7-8-22(30)28-11-9-26(10-12-28)17-23(31)29-15-13-27(14-16-29)18-3-1-4-18/h2,5-8,18H,1,3-4,9-17H2/b8-7+. The highest BCUT2D eigenvalue weighted by atomic mass is 35.5. The Bertz CT molecular complexity index is 809. The van der Waals surface area contributed by atoms with E-state index in [-0.39, 0.29) is 22.4 Å². The van der Waals surface area contributed by atoms with E-state index in [1.54, 1.807) is 11.0 Å². The zero-order chi connectivity index (χ0) is 21.8. The van der Waals surface area contributed by atoms with Gasteiger partial charge < -0.3 is 9.80 Å². The summed E-state index contributed by atoms with van der Waals surface area (Å²) >= 11 is 6.00. The second kappa shape index (κ2) is 10.1. The van der Waals surface area contributed by atoms with Crippen LogP contribution in [0, 0.1) is 5.82 Å². The summed E-state index contributed by atoms with van der Waals surface area (Å²) in [6, 6.07) is 5.19. The van der Waals surface area contributed by atoms with Gasteiger partial charge in [-0.3, -0.25) is 19.4 Å². The molecule has 6 nitrogen and oxygen atoms in total. The number of hydrogen-bond donors (Lipinski definition) is 0. The van der Waals surface area contributed by atoms with Crippen molar-refractivity contribution in [3.8, 4) is 0 Å². The molecule has 0 aromatic heterocycles. The lowest BCUT2D eigenvalue weighted by Gasteiger charge is -2.43. The fourth-order valence-electron chi connectivity index (χ4n) is 4.44. The first-order valence-electron chi connectivity index (χ1n) is 11.2. The number of halogens is 2. The number of benzene rings is 1. The molecule has 2 amide bonds. The van der Waals surface area contributed by atoms with Crippen LogP contribution in [0.5, 0.6) is 0 Å². The molecule has 4 rings (SSSR count). The quantitative estimate of drug-likeness (QED) is 0.649. The van der Waals surface area contributed by atoms with Crippen LogP contribution in [0.3, 0.4) is 0 Å². The molecule has 2 heterocycles. The molecule has 1 aromatic rings. The highest BCUT2D eigenvalue weighted by molar-refractivity contribution is 6.32. The van der Waals surface area contributed by atoms with Crippen LogP contribution < -0.4 is 0 Å². The summed E-state index contributed by atoms with van der Waals surface area (Å²) in [5.41, 5.74) is 0.221. The first-order valence-corrected chi connectivity index (χ1v) is 11.5. The van der Waals surface area contributed by atoms with Crippen LogP contribution in [0.25, 0.3) is 6.08 Å². The SMILES string of the molecule is O=C(/C=C/c1c(F)cccc1Cl)N1CCN(CC(=O)N2CCN(C3CCC3)CC2)CC1. The highest BCUT2D eigenvalue weighted by Gasteiger charge is 2.30. The van der Waals surface area contributed by atoms with Crippen molar-refractivity contribution >= 4 is 29.5 Å². The van der Waals surface area contributed by atoms with Gasteiger partial charge in [0.2, 0.25) is 11.8 Å². The molecule has 1 saturated carbocycles. The summed E-state index contributed by atoms with van der Waals surface area (Å²) in [6.07, 6.45) is 6.75. The van der Waals surface area contributed by atoms with Gasteiger partial charge in [-0.05, 0) is 31.1 Å². The van der Waals surface area contributed by atoms with E-state index < -0.39 is 5.82 Å². The van der Waals surface area contributed by atoms with Gasteiger partial charge in [0.05, 0.1) is 11.6 Å². The van der Waals surface area contributed by atoms with Crippen LogP contribution in [-0.4, -0.2) is 96.4 Å². The van der Waals surface area contributed by atoms with Crippen LogP contribution >= 0.6 is 11.6 Å². The molecule has 0 unspecified atom stereocenters. The normalized spacial score (nSPS) is 21.5. The first-order chi connectivity index (χ1) is 15.0. The minimum absolute atomic E-state index is 0.169. The van der Waals surface area contributed by atoms with Crippen molar-refractivity contribution in [2.24, 2.45) is 0 Å². The second-order valence-electron chi connectivity index (χ2n) is 8.57. The molecular formula is C23H30ClFN4O2. The molecule has 0 N–H and O–H groups in total. The largest absolute Gasteiger partial charge is 0.339 e. The van der Waals surface area contributed by atoms with Crippen molar-refractivity contribution in [1.82, 2.24) is 19.6 Å². The van der Waals surface area contributed by atoms with E-state index in [1.165, 1.54) is 43.5 Å². The Morgan fingerprint density at radius 3 is 2.29 bits per heavy atom. The predicted octanol–water partition coefficient (Wildman–Crippen LogP) is 2.33. The van der Waals surface area contributed by atoms with Crippen molar-refractivity contribution < 1.29 is 14.0 Å². The van der Waals surface area contributed by atoms with Gasteiger partial charge in [0.25, 0.3) is 0 Å². The Labute approximate surface area is 188 Å². The van der Waals surface area contributed by atoms with Gasteiger partial charge in [-0.25, -0.2) is 4.39 Å². The average molecular weight is 449 g/mol. The van der Waals surface area contributed by atoms with Crippen LogP contribution in [0.4, 0.5) is 4.39 Å². The van der Waals surface area contributed by atoms with E-state index in [1.807, 2.05) is 4.90 Å². The lowest BCUT2D eigenvalue weighted by atomic mass is 9.91. The zero-order valence-corrected chi connectivity index (χ0v) is 18.6. The smallest absolute Gasteiger partial charge is 0.246 e. The molecular weight excluding hydrogens is 419 g/mol. The lowest BCUT2D eigenvalue weighted by molar-refractivity contribution is -0.135. The molecule has 1 aromatic carbocycles. The number of rotatable bonds is 5. The van der Waals surface area contributed by atoms with Crippen molar-refractivity contribution in [2.75, 3.05) is 58.9 Å². The fourth-order valence-corrected chi connectivity index (χ4v) is 4.66. The molecule has 3 fully saturated rings. The maximum Gasteiger partial charge on any atom is 0.246 e. The third kappa shape index (κ3) is 5.45. The number of carbonyl (C=O) groups excluding carboxylic acids is 2. The summed E-state index contributed by atoms with van der Waals surface area (Å²) in [5.74, 6) is -0.437. The fraction of sp³-hybridized carbons (Fsp3) is 0.565. The van der Waals surface area contributed by atoms with E-state index in [9.17, 15) is 14.0 Å². The Kier molecular flexibility index (Phi) is 7.25. The van der Waals surface area contributed by atoms with Gasteiger partial charge in [-0.1, -0.05) is 24.1 Å². The van der Waals surface area contributed by atoms with Crippen molar-refractivity contribution in [3.05, 3.63) is 40.7 Å². The van der Waals surface area contributed by atoms with Crippen LogP contribution in [0.1, 0.15) is 24.8 Å². The monoisotopic (exact) mass is 448 g/mol. The molecule has 0 radical (unpaired) electrons. The summed E-state index contributed by atoms with van der Waals surface area (Å²) in [5, 5.41) is 0.279. The van der Waals surface area contributed by atoms with Gasteiger partial charge in [0.15, 0.2) is 0 Å². The second-order valence-corrected chi connectivity index (χ2v) is 8.98. The van der Waals surface area contributed by atoms with E-state index >= 15 is 0 Å². The number of hydrogen-bond acceptors (Lipinski definition) is 4. The summed E-state index contributed by atoms with van der Waals surface area (Å²) < 4.78 is 13.8. The molecule has 0 bridgehead atoms. The van der Waals surface area contributed by atoms with E-state index in [2.05, 4.69) is 9.80 Å². The first kappa shape index (κ1) is 22.2. The maximum absolute atomic E-state index is 13.8. The van der Waals surface area contributed by atoms with Crippen molar-refractivity contribution in [2.45, 2.75) is 25.3 Å². The van der Waals surface area contributed by atoms with Gasteiger partial charge in [0, 0.05) is 70.0 Å². The molecule has 31 heavy (non-hydrogen) atoms. The van der Waals surface area contributed by atoms with E-state index in [0.717, 1.165) is 32.2 Å². The molecule has 0 spiro atoms. The Hall–Kier alpha value is -1.96. The molecule has 2 saturated heterocycles. The molecule has 1 aliphatic carbocycles. The number of piperazine rings is 2. The van der Waals surface area contributed by atoms with Crippen molar-refractivity contribution in [1.29, 1.82) is 0 Å². The maximum atomic E-state index is 13.8. The number of amides is 2. The average Bonchev–Trinajstić information content (AvgIpc) is 2.73. The topological polar surface area (TPSA) is 47.1 Å². The minimum atomic E-state index is -0.451. The number of nitrogens with zero attached hydrogens (tertiary/aromatic N) is 4. The third-order valence-electron chi connectivity index (χ3n) is 6.69. The minimum Gasteiger partial charge on any atom is -0.339 e. The summed E-state index contributed by atoms with van der Waals surface area (Å²) in [4.78, 5) is 33.5. The third-order valence-corrected chi connectivity index (χ3v) is 7.02. The van der Waals surface area contributed by atoms with E-state index in [0.29, 0.717) is 32.7 Å². The molecule has 8 heteroatoms. The van der Waals surface area contributed by atoms with Gasteiger partial charge in [-0.15, -0.1) is 0 Å². The zero-order valence-electron chi connectivity index (χ0n) is 17.8. The Morgan fingerprint density at radius 1 is 1.00 bits per heavy atom. The molecule has 2 aliphatic heterocycles. The van der Waals surface area contributed by atoms with Gasteiger partial charge in [-0.2, -0.15) is 0 Å². The summed E-state index contributed by atoms with van der Waals surface area (Å²) in [7, 11) is 0. The van der Waals surface area contributed by atoms with Gasteiger partial charge in [0.1, 0.15) is 5.82 Å². The molecule has 3 aliphatic rings. The van der Waals surface area contributed by atoms with E-state index in [4.69, 9.17) is 11.6 Å². The molecule has 168 valence electrons.